The minimum Gasteiger partial charge on any atom is -0.457 e. The zero-order valence-corrected chi connectivity index (χ0v) is 22.5. The molecule has 0 aromatic rings. The van der Waals surface area contributed by atoms with Crippen molar-refractivity contribution in [2.75, 3.05) is 6.61 Å². The number of aliphatic hydroxyl groups excluding tert-OH is 1. The maximum Gasteiger partial charge on any atom is 0.306 e. The monoisotopic (exact) mass is 518 g/mol. The van der Waals surface area contributed by atoms with E-state index in [1.807, 2.05) is 20.8 Å². The van der Waals surface area contributed by atoms with Crippen LogP contribution in [0.4, 0.5) is 4.39 Å². The van der Waals surface area contributed by atoms with Crippen molar-refractivity contribution in [2.45, 2.75) is 96.9 Å². The molecule has 4 aliphatic rings. The Morgan fingerprint density at radius 2 is 1.86 bits per heavy atom. The number of fused-ring (bicyclic) bond motifs is 5. The van der Waals surface area contributed by atoms with Crippen LogP contribution in [0.25, 0.3) is 0 Å². The van der Waals surface area contributed by atoms with Crippen LogP contribution in [0.5, 0.6) is 0 Å². The molecule has 0 saturated heterocycles. The first kappa shape index (κ1) is 27.7. The van der Waals surface area contributed by atoms with E-state index in [0.717, 1.165) is 0 Å². The van der Waals surface area contributed by atoms with Crippen LogP contribution in [0, 0.1) is 28.6 Å². The molecule has 0 radical (unpaired) electrons. The van der Waals surface area contributed by atoms with E-state index in [4.69, 9.17) is 9.47 Å². The Hall–Kier alpha value is -2.35. The summed E-state index contributed by atoms with van der Waals surface area (Å²) < 4.78 is 28.7. The van der Waals surface area contributed by atoms with Crippen molar-refractivity contribution in [1.82, 2.24) is 0 Å². The van der Waals surface area contributed by atoms with Crippen molar-refractivity contribution in [3.8, 4) is 0 Å². The predicted molar refractivity (Wildman–Crippen MR) is 133 cm³/mol. The number of esters is 2. The molecule has 8 heteroatoms. The minimum atomic E-state index is -2.06. The van der Waals surface area contributed by atoms with E-state index in [2.05, 4.69) is 0 Å². The Morgan fingerprint density at radius 1 is 1.16 bits per heavy atom. The summed E-state index contributed by atoms with van der Waals surface area (Å²) in [4.78, 5) is 50.7. The molecule has 0 aromatic carbocycles. The fourth-order valence-electron chi connectivity index (χ4n) is 8.19. The van der Waals surface area contributed by atoms with Crippen LogP contribution >= 0.6 is 0 Å². The lowest BCUT2D eigenvalue weighted by molar-refractivity contribution is -0.228. The van der Waals surface area contributed by atoms with Crippen LogP contribution in [-0.2, 0) is 28.7 Å². The van der Waals surface area contributed by atoms with Crippen molar-refractivity contribution in [2.24, 2.45) is 28.6 Å². The van der Waals surface area contributed by atoms with E-state index in [-0.39, 0.29) is 31.0 Å². The zero-order valence-electron chi connectivity index (χ0n) is 22.5. The number of Topliss-reactive ketones (excluding diaryl/α,β-unsaturated/α-hetero) is 1. The lowest BCUT2D eigenvalue weighted by Gasteiger charge is -2.62. The maximum absolute atomic E-state index is 17.4. The quantitative estimate of drug-likeness (QED) is 0.503. The number of allylic oxidation sites excluding steroid dienone is 4. The number of rotatable bonds is 7. The Labute approximate surface area is 217 Å². The normalized spacial score (nSPS) is 42.2. The third-order valence-corrected chi connectivity index (χ3v) is 9.98. The van der Waals surface area contributed by atoms with Gasteiger partial charge in [-0.05, 0) is 57.1 Å². The smallest absolute Gasteiger partial charge is 0.306 e. The lowest BCUT2D eigenvalue weighted by Crippen LogP contribution is -2.70. The number of carbonyl (C=O) groups excluding carboxylic acids is 4. The summed E-state index contributed by atoms with van der Waals surface area (Å²) in [5.74, 6) is -3.26. The molecule has 0 amide bonds. The van der Waals surface area contributed by atoms with Gasteiger partial charge in [-0.15, -0.1) is 0 Å². The molecule has 204 valence electrons. The van der Waals surface area contributed by atoms with Crippen molar-refractivity contribution in [3.05, 3.63) is 23.8 Å². The number of hydrogen-bond donors (Lipinski definition) is 1. The summed E-state index contributed by atoms with van der Waals surface area (Å²) in [6.07, 6.45) is 4.93. The van der Waals surface area contributed by atoms with Crippen molar-refractivity contribution < 1.29 is 38.1 Å². The summed E-state index contributed by atoms with van der Waals surface area (Å²) >= 11 is 0. The van der Waals surface area contributed by atoms with Gasteiger partial charge in [-0.25, -0.2) is 4.39 Å². The first-order valence-electron chi connectivity index (χ1n) is 13.5. The summed E-state index contributed by atoms with van der Waals surface area (Å²) in [6, 6.07) is 0. The van der Waals surface area contributed by atoms with E-state index in [0.29, 0.717) is 31.3 Å². The standard InChI is InChI=1S/C29H39FO7/c1-6-8-25(35)37-29(23(33)16-36-24(34)7-2)17(3)13-21-20-10-9-18-14-19(31)11-12-26(18,4)28(20,30)22(32)15-27(21,29)5/h11-12,14,17,20-22,32H,6-10,13,15-16H2,1-5H3/t17-,20-,21-,22-,26-,27-,28-,29-/m0/s1. The summed E-state index contributed by atoms with van der Waals surface area (Å²) in [5.41, 5.74) is -5.26. The van der Waals surface area contributed by atoms with Crippen LogP contribution in [0.15, 0.2) is 23.8 Å². The highest BCUT2D eigenvalue weighted by atomic mass is 19.1. The second kappa shape index (κ2) is 9.44. The van der Waals surface area contributed by atoms with Crippen molar-refractivity contribution in [1.29, 1.82) is 0 Å². The molecule has 3 fully saturated rings. The number of ether oxygens (including phenoxy) is 2. The van der Waals surface area contributed by atoms with E-state index < -0.39 is 64.4 Å². The maximum atomic E-state index is 17.4. The van der Waals surface area contributed by atoms with Gasteiger partial charge in [-0.3, -0.25) is 19.2 Å². The number of ketones is 2. The van der Waals surface area contributed by atoms with Gasteiger partial charge in [0, 0.05) is 35.5 Å². The fourth-order valence-corrected chi connectivity index (χ4v) is 8.19. The van der Waals surface area contributed by atoms with E-state index >= 15 is 4.39 Å². The Balaban J connectivity index is 1.80. The van der Waals surface area contributed by atoms with Crippen LogP contribution in [-0.4, -0.2) is 52.6 Å². The first-order chi connectivity index (χ1) is 17.3. The number of carbonyl (C=O) groups is 4. The molecule has 8 atom stereocenters. The largest absolute Gasteiger partial charge is 0.457 e. The Kier molecular flexibility index (Phi) is 7.06. The molecule has 0 heterocycles. The first-order valence-corrected chi connectivity index (χ1v) is 13.5. The average Bonchev–Trinajstić information content (AvgIpc) is 3.05. The zero-order chi connectivity index (χ0) is 27.4. The molecule has 4 rings (SSSR count). The van der Waals surface area contributed by atoms with Gasteiger partial charge in [0.25, 0.3) is 0 Å². The summed E-state index contributed by atoms with van der Waals surface area (Å²) in [7, 11) is 0. The third kappa shape index (κ3) is 3.76. The van der Waals surface area contributed by atoms with Gasteiger partial charge >= 0.3 is 11.9 Å². The van der Waals surface area contributed by atoms with Gasteiger partial charge in [0.2, 0.25) is 5.78 Å². The van der Waals surface area contributed by atoms with Gasteiger partial charge in [0.05, 0.1) is 6.10 Å². The van der Waals surface area contributed by atoms with Crippen LogP contribution in [0.1, 0.15) is 79.6 Å². The third-order valence-electron chi connectivity index (χ3n) is 9.98. The Morgan fingerprint density at radius 3 is 2.51 bits per heavy atom. The molecule has 7 nitrogen and oxygen atoms in total. The van der Waals surface area contributed by atoms with Crippen LogP contribution in [0.2, 0.25) is 0 Å². The van der Waals surface area contributed by atoms with Crippen molar-refractivity contribution >= 4 is 23.5 Å². The topological polar surface area (TPSA) is 107 Å². The van der Waals surface area contributed by atoms with Gasteiger partial charge in [0.1, 0.15) is 0 Å². The molecule has 3 saturated carbocycles. The predicted octanol–water partition coefficient (Wildman–Crippen LogP) is 4.21. The fraction of sp³-hybridized carbons (Fsp3) is 0.724. The lowest BCUT2D eigenvalue weighted by atomic mass is 9.44. The van der Waals surface area contributed by atoms with Gasteiger partial charge in [-0.1, -0.05) is 39.3 Å². The molecule has 0 aliphatic heterocycles. The van der Waals surface area contributed by atoms with E-state index in [1.165, 1.54) is 12.2 Å². The molecule has 0 unspecified atom stereocenters. The molecule has 37 heavy (non-hydrogen) atoms. The molecule has 0 aromatic heterocycles. The number of alkyl halides is 1. The molecule has 1 N–H and O–H groups in total. The van der Waals surface area contributed by atoms with E-state index in [1.54, 1.807) is 19.9 Å². The number of halogens is 1. The highest BCUT2D eigenvalue weighted by Crippen LogP contribution is 2.71. The second-order valence-electron chi connectivity index (χ2n) is 11.8. The van der Waals surface area contributed by atoms with Crippen molar-refractivity contribution in [3.63, 3.8) is 0 Å². The summed E-state index contributed by atoms with van der Waals surface area (Å²) in [5, 5.41) is 11.6. The minimum absolute atomic E-state index is 0.0982. The van der Waals surface area contributed by atoms with E-state index in [9.17, 15) is 24.3 Å². The Bertz CT molecular complexity index is 1060. The van der Waals surface area contributed by atoms with Gasteiger partial charge in [-0.2, -0.15) is 0 Å². The molecular formula is C29H39FO7. The summed E-state index contributed by atoms with van der Waals surface area (Å²) in [6.45, 7) is 8.29. The van der Waals surface area contributed by atoms with Gasteiger partial charge < -0.3 is 14.6 Å². The average molecular weight is 519 g/mol. The molecule has 0 bridgehead atoms. The van der Waals surface area contributed by atoms with Crippen LogP contribution < -0.4 is 0 Å². The van der Waals surface area contributed by atoms with Gasteiger partial charge in [0.15, 0.2) is 23.7 Å². The highest BCUT2D eigenvalue weighted by Gasteiger charge is 2.77. The van der Waals surface area contributed by atoms with Crippen LogP contribution in [0.3, 0.4) is 0 Å². The second-order valence-corrected chi connectivity index (χ2v) is 11.8. The number of hydrogen-bond acceptors (Lipinski definition) is 7. The highest BCUT2D eigenvalue weighted by molar-refractivity contribution is 6.01. The molecule has 4 aliphatic carbocycles. The SMILES string of the molecule is CCCC(=O)O[C@]1(C(=O)COC(=O)CC)[C@@H](C)C[C@H]2[C@@H]3CCC4=CC(=O)C=C[C@]4(C)[C@@]3(F)[C@@H](O)C[C@@]21C. The number of aliphatic hydroxyl groups is 1. The molecular weight excluding hydrogens is 479 g/mol. The molecule has 0 spiro atoms.